The van der Waals surface area contributed by atoms with E-state index in [-0.39, 0.29) is 11.9 Å². The Morgan fingerprint density at radius 3 is 2.88 bits per heavy atom. The van der Waals surface area contributed by atoms with Gasteiger partial charge in [0.25, 0.3) is 5.91 Å². The molecule has 1 atom stereocenters. The molecule has 0 radical (unpaired) electrons. The Morgan fingerprint density at radius 2 is 2.31 bits per heavy atom. The molecule has 4 heteroatoms. The van der Waals surface area contributed by atoms with Crippen molar-refractivity contribution in [2.24, 2.45) is 0 Å². The molecule has 1 aromatic rings. The highest BCUT2D eigenvalue weighted by Crippen LogP contribution is 2.22. The summed E-state index contributed by atoms with van der Waals surface area (Å²) in [5.41, 5.74) is 0.411. The minimum absolute atomic E-state index is 0.279. The normalized spacial score (nSPS) is 11.4. The number of carbonyl (C=O) groups excluding carboxylic acids is 1. The molecule has 1 unspecified atom stereocenters. The van der Waals surface area contributed by atoms with Crippen molar-refractivity contribution in [3.63, 3.8) is 0 Å². The minimum Gasteiger partial charge on any atom is -0.496 e. The first-order valence-corrected chi connectivity index (χ1v) is 5.06. The Morgan fingerprint density at radius 1 is 1.62 bits per heavy atom. The van der Waals surface area contributed by atoms with Gasteiger partial charge in [-0.1, -0.05) is 17.5 Å². The lowest BCUT2D eigenvalue weighted by molar-refractivity contribution is 0.0945. The van der Waals surface area contributed by atoms with Crippen LogP contribution in [-0.4, -0.2) is 19.1 Å². The maximum absolute atomic E-state index is 11.8. The van der Waals surface area contributed by atoms with Crippen LogP contribution in [0.25, 0.3) is 0 Å². The Hall–Kier alpha value is -1.66. The second kappa shape index (κ2) is 5.43. The summed E-state index contributed by atoms with van der Waals surface area (Å²) in [5.74, 6) is 2.56. The second-order valence-electron chi connectivity index (χ2n) is 3.21. The van der Waals surface area contributed by atoms with Crippen molar-refractivity contribution in [1.29, 1.82) is 0 Å². The van der Waals surface area contributed by atoms with Gasteiger partial charge in [-0.05, 0) is 25.1 Å². The molecule has 0 heterocycles. The van der Waals surface area contributed by atoms with E-state index in [1.165, 1.54) is 7.11 Å². The number of benzene rings is 1. The first-order chi connectivity index (χ1) is 7.58. The van der Waals surface area contributed by atoms with Crippen LogP contribution < -0.4 is 10.1 Å². The molecule has 0 spiro atoms. The van der Waals surface area contributed by atoms with Crippen LogP contribution in [0.15, 0.2) is 18.2 Å². The molecule has 0 bridgehead atoms. The third-order valence-corrected chi connectivity index (χ3v) is 2.24. The maximum Gasteiger partial charge on any atom is 0.256 e. The van der Waals surface area contributed by atoms with Crippen molar-refractivity contribution in [2.75, 3.05) is 7.11 Å². The predicted octanol–water partition coefficient (Wildman–Crippen LogP) is 2.10. The largest absolute Gasteiger partial charge is 0.496 e. The molecule has 0 aliphatic carbocycles. The topological polar surface area (TPSA) is 38.3 Å². The lowest BCUT2D eigenvalue weighted by Crippen LogP contribution is -2.31. The van der Waals surface area contributed by atoms with E-state index in [1.807, 2.05) is 0 Å². The van der Waals surface area contributed by atoms with Crippen molar-refractivity contribution < 1.29 is 9.53 Å². The van der Waals surface area contributed by atoms with Crippen LogP contribution in [-0.2, 0) is 0 Å². The summed E-state index contributed by atoms with van der Waals surface area (Å²) in [6, 6.07) is 4.48. The summed E-state index contributed by atoms with van der Waals surface area (Å²) >= 11 is 5.79. The summed E-state index contributed by atoms with van der Waals surface area (Å²) in [6.45, 7) is 1.72. The smallest absolute Gasteiger partial charge is 0.256 e. The van der Waals surface area contributed by atoms with Crippen LogP contribution in [0.4, 0.5) is 0 Å². The quantitative estimate of drug-likeness (QED) is 0.818. The van der Waals surface area contributed by atoms with E-state index >= 15 is 0 Å². The van der Waals surface area contributed by atoms with Gasteiger partial charge in [-0.3, -0.25) is 4.79 Å². The summed E-state index contributed by atoms with van der Waals surface area (Å²) in [7, 11) is 1.48. The van der Waals surface area contributed by atoms with Crippen molar-refractivity contribution >= 4 is 17.5 Å². The van der Waals surface area contributed by atoms with E-state index in [0.29, 0.717) is 16.3 Å². The van der Waals surface area contributed by atoms with Crippen molar-refractivity contribution in [3.8, 4) is 18.1 Å². The number of amides is 1. The van der Waals surface area contributed by atoms with Gasteiger partial charge < -0.3 is 10.1 Å². The number of carbonyl (C=O) groups is 1. The van der Waals surface area contributed by atoms with E-state index in [1.54, 1.807) is 25.1 Å². The van der Waals surface area contributed by atoms with Crippen LogP contribution >= 0.6 is 11.6 Å². The monoisotopic (exact) mass is 237 g/mol. The zero-order chi connectivity index (χ0) is 12.1. The molecule has 0 saturated carbocycles. The van der Waals surface area contributed by atoms with E-state index < -0.39 is 0 Å². The fraction of sp³-hybridized carbons (Fsp3) is 0.250. The van der Waals surface area contributed by atoms with Gasteiger partial charge in [0, 0.05) is 5.02 Å². The van der Waals surface area contributed by atoms with E-state index in [4.69, 9.17) is 22.8 Å². The SMILES string of the molecule is C#CC(C)NC(=O)c1ccc(Cl)cc1OC. The van der Waals surface area contributed by atoms with E-state index in [9.17, 15) is 4.79 Å². The van der Waals surface area contributed by atoms with Crippen LogP contribution in [0.2, 0.25) is 5.02 Å². The van der Waals surface area contributed by atoms with Crippen molar-refractivity contribution in [1.82, 2.24) is 5.32 Å². The molecule has 16 heavy (non-hydrogen) atoms. The molecule has 1 amide bonds. The molecule has 84 valence electrons. The van der Waals surface area contributed by atoms with Gasteiger partial charge in [-0.25, -0.2) is 0 Å². The van der Waals surface area contributed by atoms with Gasteiger partial charge in [-0.15, -0.1) is 6.42 Å². The van der Waals surface area contributed by atoms with Crippen molar-refractivity contribution in [2.45, 2.75) is 13.0 Å². The van der Waals surface area contributed by atoms with Gasteiger partial charge in [0.2, 0.25) is 0 Å². The fourth-order valence-corrected chi connectivity index (χ4v) is 1.33. The number of hydrogen-bond donors (Lipinski definition) is 1. The Bertz CT molecular complexity index is 437. The van der Waals surface area contributed by atoms with Gasteiger partial charge in [-0.2, -0.15) is 0 Å². The van der Waals surface area contributed by atoms with Crippen LogP contribution in [0.5, 0.6) is 5.75 Å². The van der Waals surface area contributed by atoms with Gasteiger partial charge in [0.05, 0.1) is 18.7 Å². The molecular formula is C12H12ClNO2. The number of halogens is 1. The Kier molecular flexibility index (Phi) is 4.21. The second-order valence-corrected chi connectivity index (χ2v) is 3.64. The average molecular weight is 238 g/mol. The molecule has 1 aromatic carbocycles. The molecule has 0 aliphatic rings. The first kappa shape index (κ1) is 12.4. The van der Waals surface area contributed by atoms with Gasteiger partial charge in [0.15, 0.2) is 0 Å². The van der Waals surface area contributed by atoms with Crippen molar-refractivity contribution in [3.05, 3.63) is 28.8 Å². The molecular weight excluding hydrogens is 226 g/mol. The summed E-state index contributed by atoms with van der Waals surface area (Å²) in [5, 5.41) is 3.15. The van der Waals surface area contributed by atoms with Crippen LogP contribution in [0.1, 0.15) is 17.3 Å². The third kappa shape index (κ3) is 2.91. The van der Waals surface area contributed by atoms with E-state index in [2.05, 4.69) is 11.2 Å². The fourth-order valence-electron chi connectivity index (χ4n) is 1.17. The highest BCUT2D eigenvalue weighted by atomic mass is 35.5. The molecule has 1 N–H and O–H groups in total. The lowest BCUT2D eigenvalue weighted by atomic mass is 10.1. The highest BCUT2D eigenvalue weighted by Gasteiger charge is 2.13. The summed E-state index contributed by atoms with van der Waals surface area (Å²) < 4.78 is 5.07. The van der Waals surface area contributed by atoms with E-state index in [0.717, 1.165) is 0 Å². The van der Waals surface area contributed by atoms with Gasteiger partial charge in [0.1, 0.15) is 5.75 Å². The number of methoxy groups -OCH3 is 1. The number of rotatable bonds is 3. The first-order valence-electron chi connectivity index (χ1n) is 4.69. The molecule has 3 nitrogen and oxygen atoms in total. The molecule has 0 aliphatic heterocycles. The Labute approximate surface area is 99.7 Å². The highest BCUT2D eigenvalue weighted by molar-refractivity contribution is 6.30. The number of hydrogen-bond acceptors (Lipinski definition) is 2. The Balaban J connectivity index is 2.96. The molecule has 0 saturated heterocycles. The van der Waals surface area contributed by atoms with Crippen LogP contribution in [0.3, 0.4) is 0 Å². The number of nitrogens with one attached hydrogen (secondary N) is 1. The zero-order valence-electron chi connectivity index (χ0n) is 9.08. The molecule has 0 aromatic heterocycles. The predicted molar refractivity (Wildman–Crippen MR) is 63.8 cm³/mol. The molecule has 1 rings (SSSR count). The van der Waals surface area contributed by atoms with Gasteiger partial charge >= 0.3 is 0 Å². The standard InChI is InChI=1S/C12H12ClNO2/c1-4-8(2)14-12(15)10-6-5-9(13)7-11(10)16-3/h1,5-8H,2-3H3,(H,14,15). The molecule has 0 fully saturated rings. The summed E-state index contributed by atoms with van der Waals surface area (Å²) in [4.78, 5) is 11.8. The lowest BCUT2D eigenvalue weighted by Gasteiger charge is -2.11. The van der Waals surface area contributed by atoms with Crippen LogP contribution in [0, 0.1) is 12.3 Å². The number of ether oxygens (including phenoxy) is 1. The third-order valence-electron chi connectivity index (χ3n) is 2.01. The number of terminal acetylenes is 1. The summed E-state index contributed by atoms with van der Waals surface area (Å²) in [6.07, 6.45) is 5.18. The zero-order valence-corrected chi connectivity index (χ0v) is 9.84. The maximum atomic E-state index is 11.8. The minimum atomic E-state index is -0.326. The average Bonchev–Trinajstić information content (AvgIpc) is 2.28.